The Morgan fingerprint density at radius 2 is 1.71 bits per heavy atom. The normalized spacial score (nSPS) is 13.0. The van der Waals surface area contributed by atoms with Gasteiger partial charge < -0.3 is 9.47 Å². The number of fused-ring (bicyclic) bond motifs is 1. The molecule has 0 aliphatic heterocycles. The van der Waals surface area contributed by atoms with E-state index in [1.165, 1.54) is 4.80 Å². The molecule has 31 heavy (non-hydrogen) atoms. The van der Waals surface area contributed by atoms with Crippen molar-refractivity contribution < 1.29 is 14.3 Å². The lowest BCUT2D eigenvalue weighted by Gasteiger charge is -2.29. The zero-order valence-electron chi connectivity index (χ0n) is 16.9. The zero-order chi connectivity index (χ0) is 22.0. The quantitative estimate of drug-likeness (QED) is 0.318. The first kappa shape index (κ1) is 21.3. The number of carbonyl (C=O) groups is 1. The van der Waals surface area contributed by atoms with Crippen LogP contribution in [0.2, 0.25) is 5.02 Å². The predicted octanol–water partition coefficient (Wildman–Crippen LogP) is 5.69. The fourth-order valence-electron chi connectivity index (χ4n) is 3.18. The van der Waals surface area contributed by atoms with Gasteiger partial charge in [-0.1, -0.05) is 51.8 Å². The summed E-state index contributed by atoms with van der Waals surface area (Å²) < 4.78 is 12.6. The van der Waals surface area contributed by atoms with E-state index in [1.807, 2.05) is 48.5 Å². The summed E-state index contributed by atoms with van der Waals surface area (Å²) >= 11 is 9.68. The van der Waals surface area contributed by atoms with E-state index in [9.17, 15) is 4.79 Å². The van der Waals surface area contributed by atoms with Crippen molar-refractivity contribution in [2.75, 3.05) is 6.61 Å². The highest BCUT2D eigenvalue weighted by atomic mass is 79.9. The third-order valence-electron chi connectivity index (χ3n) is 4.80. The van der Waals surface area contributed by atoms with Crippen LogP contribution in [-0.4, -0.2) is 27.6 Å². The van der Waals surface area contributed by atoms with Crippen LogP contribution < -0.4 is 4.74 Å². The van der Waals surface area contributed by atoms with Crippen LogP contribution in [0.1, 0.15) is 19.4 Å². The molecule has 0 aliphatic rings. The smallest absolute Gasteiger partial charge is 0.354 e. The minimum Gasteiger partial charge on any atom is -0.469 e. The number of aromatic nitrogens is 3. The molecule has 1 atom stereocenters. The van der Waals surface area contributed by atoms with Crippen molar-refractivity contribution in [3.05, 3.63) is 81.8 Å². The topological polar surface area (TPSA) is 66.2 Å². The van der Waals surface area contributed by atoms with E-state index in [4.69, 9.17) is 21.1 Å². The average molecular weight is 501 g/mol. The van der Waals surface area contributed by atoms with Gasteiger partial charge in [0.15, 0.2) is 0 Å². The summed E-state index contributed by atoms with van der Waals surface area (Å²) in [4.78, 5) is 14.4. The van der Waals surface area contributed by atoms with Crippen molar-refractivity contribution in [1.82, 2.24) is 15.0 Å². The van der Waals surface area contributed by atoms with E-state index in [0.29, 0.717) is 22.0 Å². The maximum atomic E-state index is 13.0. The van der Waals surface area contributed by atoms with Crippen molar-refractivity contribution in [2.24, 2.45) is 0 Å². The van der Waals surface area contributed by atoms with Crippen molar-refractivity contribution >= 4 is 44.5 Å². The lowest BCUT2D eigenvalue weighted by Crippen LogP contribution is -2.40. The predicted molar refractivity (Wildman–Crippen MR) is 123 cm³/mol. The summed E-state index contributed by atoms with van der Waals surface area (Å²) in [5.41, 5.74) is 1.22. The molecule has 0 amide bonds. The first-order valence-electron chi connectivity index (χ1n) is 9.65. The summed E-state index contributed by atoms with van der Waals surface area (Å²) in [5, 5.41) is 9.54. The van der Waals surface area contributed by atoms with Gasteiger partial charge in [-0.05, 0) is 56.3 Å². The van der Waals surface area contributed by atoms with E-state index in [1.54, 1.807) is 32.0 Å². The number of rotatable bonds is 6. The highest BCUT2D eigenvalue weighted by Crippen LogP contribution is 2.35. The first-order chi connectivity index (χ1) is 14.9. The van der Waals surface area contributed by atoms with Gasteiger partial charge in [0.05, 0.1) is 6.61 Å². The van der Waals surface area contributed by atoms with Crippen LogP contribution in [-0.2, 0) is 15.1 Å². The third kappa shape index (κ3) is 4.29. The Kier molecular flexibility index (Phi) is 5.98. The molecule has 0 aliphatic carbocycles. The Balaban J connectivity index is 1.82. The average Bonchev–Trinajstić information content (AvgIpc) is 3.19. The molecule has 1 aromatic heterocycles. The molecule has 0 spiro atoms. The van der Waals surface area contributed by atoms with E-state index in [-0.39, 0.29) is 6.61 Å². The monoisotopic (exact) mass is 499 g/mol. The van der Waals surface area contributed by atoms with Crippen molar-refractivity contribution in [3.8, 4) is 11.4 Å². The van der Waals surface area contributed by atoms with Gasteiger partial charge in [-0.25, -0.2) is 4.79 Å². The molecule has 4 aromatic rings. The number of hydrogen-bond donors (Lipinski definition) is 0. The molecule has 6 nitrogen and oxygen atoms in total. The van der Waals surface area contributed by atoms with E-state index >= 15 is 0 Å². The third-order valence-corrected chi connectivity index (χ3v) is 5.56. The Morgan fingerprint density at radius 1 is 1.06 bits per heavy atom. The highest BCUT2D eigenvalue weighted by molar-refractivity contribution is 9.10. The number of halogens is 2. The Bertz CT molecular complexity index is 1210. The van der Waals surface area contributed by atoms with Crippen LogP contribution in [0.4, 0.5) is 0 Å². The van der Waals surface area contributed by atoms with Crippen LogP contribution in [0.3, 0.4) is 0 Å². The van der Waals surface area contributed by atoms with Crippen molar-refractivity contribution in [3.63, 3.8) is 0 Å². The number of hydrogen-bond acceptors (Lipinski definition) is 5. The lowest BCUT2D eigenvalue weighted by atomic mass is 9.95. The molecule has 3 aromatic carbocycles. The van der Waals surface area contributed by atoms with E-state index in [2.05, 4.69) is 26.1 Å². The zero-order valence-corrected chi connectivity index (χ0v) is 19.2. The molecule has 0 N–H and O–H groups in total. The molecule has 0 radical (unpaired) electrons. The second-order valence-corrected chi connectivity index (χ2v) is 8.30. The van der Waals surface area contributed by atoms with Gasteiger partial charge >= 0.3 is 5.97 Å². The Hall–Kier alpha value is -2.90. The van der Waals surface area contributed by atoms with Gasteiger partial charge in [-0.15, -0.1) is 15.0 Å². The lowest BCUT2D eigenvalue weighted by molar-refractivity contribution is -0.161. The molecular formula is C23H19BrClN3O3. The number of ether oxygens (including phenoxy) is 2. The largest absolute Gasteiger partial charge is 0.469 e. The molecule has 0 bridgehead atoms. The number of esters is 1. The molecule has 0 saturated carbocycles. The van der Waals surface area contributed by atoms with Gasteiger partial charge in [-0.3, -0.25) is 0 Å². The standard InChI is InChI=1S/C23H19BrClN3O3/c1-3-30-22(29)23(2,15-8-10-16(24)11-9-15)31-21-13-12-17(25)14-20(21)28-26-18-6-4-5-7-19(18)27-28/h4-14H,3H2,1-2H3. The van der Waals surface area contributed by atoms with Crippen molar-refractivity contribution in [2.45, 2.75) is 19.4 Å². The molecule has 1 heterocycles. The number of carbonyl (C=O) groups excluding carboxylic acids is 1. The fraction of sp³-hybridized carbons (Fsp3) is 0.174. The minimum atomic E-state index is -1.40. The summed E-state index contributed by atoms with van der Waals surface area (Å²) in [7, 11) is 0. The highest BCUT2D eigenvalue weighted by Gasteiger charge is 2.40. The van der Waals surface area contributed by atoms with Gasteiger partial charge in [0.1, 0.15) is 22.5 Å². The van der Waals surface area contributed by atoms with Gasteiger partial charge in [0.25, 0.3) is 0 Å². The van der Waals surface area contributed by atoms with Gasteiger partial charge in [0.2, 0.25) is 5.60 Å². The maximum absolute atomic E-state index is 13.0. The number of benzene rings is 3. The molecule has 0 fully saturated rings. The second kappa shape index (κ2) is 8.69. The summed E-state index contributed by atoms with van der Waals surface area (Å²) in [6.07, 6.45) is 0. The SMILES string of the molecule is CCOC(=O)C(C)(Oc1ccc(Cl)cc1-n1nc2ccccc2n1)c1ccc(Br)cc1. The summed E-state index contributed by atoms with van der Waals surface area (Å²) in [6, 6.07) is 19.9. The number of nitrogens with zero attached hydrogens (tertiary/aromatic N) is 3. The Morgan fingerprint density at radius 3 is 2.32 bits per heavy atom. The van der Waals surface area contributed by atoms with Gasteiger partial charge in [0, 0.05) is 15.1 Å². The van der Waals surface area contributed by atoms with Crippen LogP contribution in [0.15, 0.2) is 71.2 Å². The molecule has 4 rings (SSSR count). The summed E-state index contributed by atoms with van der Waals surface area (Å²) in [6.45, 7) is 3.67. The van der Waals surface area contributed by atoms with Crippen LogP contribution in [0.25, 0.3) is 16.7 Å². The minimum absolute atomic E-state index is 0.230. The molecule has 8 heteroatoms. The van der Waals surface area contributed by atoms with Crippen LogP contribution in [0, 0.1) is 0 Å². The second-order valence-electron chi connectivity index (χ2n) is 6.95. The van der Waals surface area contributed by atoms with Gasteiger partial charge in [-0.2, -0.15) is 0 Å². The first-order valence-corrected chi connectivity index (χ1v) is 10.8. The summed E-state index contributed by atoms with van der Waals surface area (Å²) in [5.74, 6) is -0.111. The molecule has 158 valence electrons. The van der Waals surface area contributed by atoms with Crippen LogP contribution in [0.5, 0.6) is 5.75 Å². The molecule has 1 unspecified atom stereocenters. The van der Waals surface area contributed by atoms with E-state index < -0.39 is 11.6 Å². The fourth-order valence-corrected chi connectivity index (χ4v) is 3.61. The van der Waals surface area contributed by atoms with Crippen LogP contribution >= 0.6 is 27.5 Å². The Labute approximate surface area is 192 Å². The van der Waals surface area contributed by atoms with E-state index in [0.717, 1.165) is 15.5 Å². The maximum Gasteiger partial charge on any atom is 0.354 e. The van der Waals surface area contributed by atoms with Crippen molar-refractivity contribution in [1.29, 1.82) is 0 Å². The molecule has 0 saturated heterocycles. The molecular weight excluding hydrogens is 482 g/mol.